The molecule has 28 heavy (non-hydrogen) atoms. The number of nitrogens with zero attached hydrogens (tertiary/aromatic N) is 4. The van der Waals surface area contributed by atoms with E-state index in [9.17, 15) is 19.7 Å². The Kier molecular flexibility index (Phi) is 4.79. The Morgan fingerprint density at radius 3 is 2.00 bits per heavy atom. The molecule has 2 bridgehead atoms. The minimum Gasteiger partial charge on any atom is -0.319 e. The quantitative estimate of drug-likeness (QED) is 0.595. The molecule has 3 unspecified atom stereocenters. The van der Waals surface area contributed by atoms with Crippen molar-refractivity contribution in [2.45, 2.75) is 12.1 Å². The summed E-state index contributed by atoms with van der Waals surface area (Å²) in [6, 6.07) is 15.9. The van der Waals surface area contributed by atoms with Crippen molar-refractivity contribution >= 4 is 11.8 Å². The first-order valence-electron chi connectivity index (χ1n) is 9.11. The number of fused-ring (bicyclic) bond motifs is 2. The van der Waals surface area contributed by atoms with Crippen LogP contribution in [-0.4, -0.2) is 69.9 Å². The van der Waals surface area contributed by atoms with Gasteiger partial charge in [-0.1, -0.05) is 36.4 Å². The lowest BCUT2D eigenvalue weighted by atomic mass is 10.1. The van der Waals surface area contributed by atoms with Crippen LogP contribution in [0, 0.1) is 10.1 Å². The zero-order chi connectivity index (χ0) is 19.7. The Morgan fingerprint density at radius 1 is 0.857 bits per heavy atom. The molecule has 0 aliphatic carbocycles. The van der Waals surface area contributed by atoms with Crippen LogP contribution < -0.4 is 0 Å². The summed E-state index contributed by atoms with van der Waals surface area (Å²) in [5, 5.41) is 11.8. The Labute approximate surface area is 162 Å². The molecule has 2 heterocycles. The lowest BCUT2D eigenvalue weighted by Gasteiger charge is -2.32. The van der Waals surface area contributed by atoms with Crippen LogP contribution in [0.1, 0.15) is 20.7 Å². The Bertz CT molecular complexity index is 890. The predicted molar refractivity (Wildman–Crippen MR) is 101 cm³/mol. The first-order valence-corrected chi connectivity index (χ1v) is 9.11. The zero-order valence-electron chi connectivity index (χ0n) is 15.2. The zero-order valence-corrected chi connectivity index (χ0v) is 15.2. The Balaban J connectivity index is 1.59. The monoisotopic (exact) mass is 380 g/mol. The molecular weight excluding hydrogens is 360 g/mol. The van der Waals surface area contributed by atoms with Crippen LogP contribution in [0.15, 0.2) is 60.7 Å². The number of rotatable bonds is 3. The summed E-state index contributed by atoms with van der Waals surface area (Å²) >= 11 is 0. The highest BCUT2D eigenvalue weighted by atomic mass is 16.6. The van der Waals surface area contributed by atoms with E-state index >= 15 is 0 Å². The molecule has 2 aliphatic heterocycles. The Hall–Kier alpha value is -3.26. The summed E-state index contributed by atoms with van der Waals surface area (Å²) in [6.07, 6.45) is 0. The highest BCUT2D eigenvalue weighted by Gasteiger charge is 2.49. The number of hydrogen-bond donors (Lipinski definition) is 0. The first kappa shape index (κ1) is 18.1. The summed E-state index contributed by atoms with van der Waals surface area (Å²) in [5.41, 5.74) is 1.01. The van der Waals surface area contributed by atoms with Gasteiger partial charge in [-0.2, -0.15) is 0 Å². The highest BCUT2D eigenvalue weighted by molar-refractivity contribution is 5.95. The van der Waals surface area contributed by atoms with Gasteiger partial charge in [-0.3, -0.25) is 24.6 Å². The fraction of sp³-hybridized carbons (Fsp3) is 0.300. The number of amides is 2. The SMILES string of the molecule is O=C(c1ccccc1)N1CC([N+](=O)[O-])C2CN(C1)CN2C(=O)c1ccccc1. The summed E-state index contributed by atoms with van der Waals surface area (Å²) in [7, 11) is 0. The van der Waals surface area contributed by atoms with Crippen molar-refractivity contribution in [3.05, 3.63) is 81.9 Å². The predicted octanol–water partition coefficient (Wildman–Crippen LogP) is 1.53. The summed E-state index contributed by atoms with van der Waals surface area (Å²) in [4.78, 5) is 42.2. The third-order valence-electron chi connectivity index (χ3n) is 5.28. The lowest BCUT2D eigenvalue weighted by Crippen LogP contribution is -2.53. The van der Waals surface area contributed by atoms with E-state index in [0.29, 0.717) is 17.7 Å². The van der Waals surface area contributed by atoms with Crippen molar-refractivity contribution < 1.29 is 14.5 Å². The van der Waals surface area contributed by atoms with Crippen molar-refractivity contribution in [1.82, 2.24) is 14.7 Å². The van der Waals surface area contributed by atoms with Gasteiger partial charge in [-0.15, -0.1) is 0 Å². The summed E-state index contributed by atoms with van der Waals surface area (Å²) in [5.74, 6) is -0.455. The number of benzene rings is 2. The average Bonchev–Trinajstić information content (AvgIpc) is 3.03. The van der Waals surface area contributed by atoms with Crippen LogP contribution in [0.2, 0.25) is 0 Å². The van der Waals surface area contributed by atoms with Crippen LogP contribution in [0.3, 0.4) is 0 Å². The molecule has 0 saturated carbocycles. The van der Waals surface area contributed by atoms with E-state index in [1.807, 2.05) is 17.0 Å². The standard InChI is InChI=1S/C20H20N4O4/c25-19(15-7-3-1-4-8-15)22-12-18(24(27)28)17-11-21(13-22)14-23(17)20(26)16-9-5-2-6-10-16/h1-10,17-18H,11-14H2. The van der Waals surface area contributed by atoms with E-state index in [-0.39, 0.29) is 36.6 Å². The van der Waals surface area contributed by atoms with E-state index in [0.717, 1.165) is 0 Å². The van der Waals surface area contributed by atoms with Gasteiger partial charge < -0.3 is 9.80 Å². The van der Waals surface area contributed by atoms with Crippen molar-refractivity contribution in [1.29, 1.82) is 0 Å². The maximum absolute atomic E-state index is 12.9. The van der Waals surface area contributed by atoms with E-state index in [1.54, 1.807) is 53.4 Å². The third-order valence-corrected chi connectivity index (χ3v) is 5.28. The van der Waals surface area contributed by atoms with Gasteiger partial charge >= 0.3 is 0 Å². The molecule has 2 aromatic carbocycles. The maximum atomic E-state index is 12.9. The minimum atomic E-state index is -1.03. The molecule has 2 aliphatic rings. The summed E-state index contributed by atoms with van der Waals surface area (Å²) in [6.45, 7) is 0.873. The molecule has 2 saturated heterocycles. The molecule has 8 heteroatoms. The number of carbonyl (C=O) groups excluding carboxylic acids is 2. The van der Waals surface area contributed by atoms with Crippen LogP contribution >= 0.6 is 0 Å². The molecule has 2 fully saturated rings. The fourth-order valence-corrected chi connectivity index (χ4v) is 3.90. The molecule has 0 radical (unpaired) electrons. The first-order chi connectivity index (χ1) is 13.5. The normalized spacial score (nSPS) is 23.9. The molecule has 2 amide bonds. The molecule has 4 rings (SSSR count). The molecule has 0 aromatic heterocycles. The lowest BCUT2D eigenvalue weighted by molar-refractivity contribution is -0.527. The highest BCUT2D eigenvalue weighted by Crippen LogP contribution is 2.25. The van der Waals surface area contributed by atoms with Gasteiger partial charge in [0, 0.05) is 22.6 Å². The summed E-state index contributed by atoms with van der Waals surface area (Å²) < 4.78 is 0. The van der Waals surface area contributed by atoms with E-state index in [1.165, 1.54) is 4.90 Å². The maximum Gasteiger partial charge on any atom is 0.255 e. The number of nitro groups is 1. The second-order valence-corrected chi connectivity index (χ2v) is 7.09. The van der Waals surface area contributed by atoms with Gasteiger partial charge in [0.15, 0.2) is 0 Å². The van der Waals surface area contributed by atoms with Crippen molar-refractivity contribution in [2.75, 3.05) is 26.4 Å². The molecule has 3 atom stereocenters. The molecular formula is C20H20N4O4. The van der Waals surface area contributed by atoms with Crippen molar-refractivity contribution in [2.24, 2.45) is 0 Å². The van der Waals surface area contributed by atoms with Crippen LogP contribution in [0.5, 0.6) is 0 Å². The van der Waals surface area contributed by atoms with Crippen LogP contribution in [0.4, 0.5) is 0 Å². The molecule has 144 valence electrons. The van der Waals surface area contributed by atoms with E-state index < -0.39 is 12.1 Å². The topological polar surface area (TPSA) is 87.0 Å². The molecule has 0 spiro atoms. The average molecular weight is 380 g/mol. The fourth-order valence-electron chi connectivity index (χ4n) is 3.90. The van der Waals surface area contributed by atoms with Gasteiger partial charge in [0.25, 0.3) is 17.9 Å². The minimum absolute atomic E-state index is 0.0273. The Morgan fingerprint density at radius 2 is 1.43 bits per heavy atom. The van der Waals surface area contributed by atoms with Crippen LogP contribution in [-0.2, 0) is 0 Å². The van der Waals surface area contributed by atoms with Crippen molar-refractivity contribution in [3.63, 3.8) is 0 Å². The van der Waals surface area contributed by atoms with Gasteiger partial charge in [0.2, 0.25) is 0 Å². The van der Waals surface area contributed by atoms with Gasteiger partial charge in [-0.05, 0) is 24.3 Å². The molecule has 0 N–H and O–H groups in total. The number of carbonyl (C=O) groups is 2. The largest absolute Gasteiger partial charge is 0.319 e. The van der Waals surface area contributed by atoms with E-state index in [4.69, 9.17) is 0 Å². The van der Waals surface area contributed by atoms with Crippen molar-refractivity contribution in [3.8, 4) is 0 Å². The van der Waals surface area contributed by atoms with Gasteiger partial charge in [0.05, 0.1) is 19.9 Å². The molecule has 8 nitrogen and oxygen atoms in total. The van der Waals surface area contributed by atoms with Crippen LogP contribution in [0.25, 0.3) is 0 Å². The smallest absolute Gasteiger partial charge is 0.255 e. The van der Waals surface area contributed by atoms with Gasteiger partial charge in [0.1, 0.15) is 6.04 Å². The second-order valence-electron chi connectivity index (χ2n) is 7.09. The van der Waals surface area contributed by atoms with Gasteiger partial charge in [-0.25, -0.2) is 0 Å². The molecule has 2 aromatic rings. The number of hydrogen-bond acceptors (Lipinski definition) is 5. The van der Waals surface area contributed by atoms with E-state index in [2.05, 4.69) is 0 Å². The second kappa shape index (κ2) is 7.40. The third kappa shape index (κ3) is 3.34.